The van der Waals surface area contributed by atoms with Crippen molar-refractivity contribution in [2.45, 2.75) is 79.9 Å². The molecule has 4 aliphatic rings. The number of piperazine rings is 3. The second-order valence-electron chi connectivity index (χ2n) is 21.1. The maximum atomic E-state index is 12.6. The summed E-state index contributed by atoms with van der Waals surface area (Å²) in [5.74, 6) is 3.15. The normalized spacial score (nSPS) is 16.6. The molecule has 436 valence electrons. The lowest BCUT2D eigenvalue weighted by Crippen LogP contribution is -2.50. The molecule has 0 bridgehead atoms. The molecule has 0 saturated carbocycles. The van der Waals surface area contributed by atoms with Crippen molar-refractivity contribution in [2.75, 3.05) is 131 Å². The highest BCUT2D eigenvalue weighted by molar-refractivity contribution is 6.27. The van der Waals surface area contributed by atoms with Gasteiger partial charge in [-0.2, -0.15) is 0 Å². The molecule has 4 saturated heterocycles. The van der Waals surface area contributed by atoms with Gasteiger partial charge in [-0.15, -0.1) is 11.6 Å². The lowest BCUT2D eigenvalue weighted by Gasteiger charge is -2.35. The number of aryl methyl sites for hydroxylation is 7. The van der Waals surface area contributed by atoms with E-state index in [0.29, 0.717) is 57.9 Å². The molecule has 0 aliphatic carbocycles. The fraction of sp³-hybridized carbons (Fsp3) is 0.492. The Morgan fingerprint density at radius 2 is 0.912 bits per heavy atom. The molecule has 4 aliphatic heterocycles. The van der Waals surface area contributed by atoms with Gasteiger partial charge in [-0.25, -0.2) is 0 Å². The number of methoxy groups -OCH3 is 1. The van der Waals surface area contributed by atoms with Gasteiger partial charge in [0, 0.05) is 104 Å². The van der Waals surface area contributed by atoms with Crippen LogP contribution in [0, 0.1) is 48.5 Å². The molecule has 4 heterocycles. The van der Waals surface area contributed by atoms with Crippen LogP contribution in [0.3, 0.4) is 0 Å². The second-order valence-corrected chi connectivity index (χ2v) is 21.4. The minimum Gasteiger partial charge on any atom is -0.493 e. The monoisotopic (exact) mass is 1120 g/mol. The summed E-state index contributed by atoms with van der Waals surface area (Å²) < 4.78 is 21.4. The largest absolute Gasteiger partial charge is 0.493 e. The number of benzene rings is 5. The first kappa shape index (κ1) is 65.3. The Balaban J connectivity index is 0.000000200. The van der Waals surface area contributed by atoms with Gasteiger partial charge in [-0.3, -0.25) is 29.1 Å². The van der Waals surface area contributed by atoms with Crippen LogP contribution in [-0.2, 0) is 38.4 Å². The van der Waals surface area contributed by atoms with Crippen LogP contribution in [0.1, 0.15) is 55.6 Å². The van der Waals surface area contributed by atoms with E-state index in [9.17, 15) is 19.5 Å². The molecule has 9 rings (SSSR count). The second kappa shape index (κ2) is 36.0. The first-order chi connectivity index (χ1) is 38.6. The van der Waals surface area contributed by atoms with Crippen LogP contribution >= 0.6 is 11.6 Å². The number of β-amino-alcohol motifs (C(OH)–C–C–N with tert-alkyl or cyclic N) is 1. The number of hydrogen-bond donors (Lipinski definition) is 4. The number of alkyl halides is 1. The topological polar surface area (TPSA) is 157 Å². The summed E-state index contributed by atoms with van der Waals surface area (Å²) in [6.07, 6.45) is 1.30. The number of para-hydroxylation sites is 3. The number of aliphatic hydroxyl groups is 1. The van der Waals surface area contributed by atoms with Gasteiger partial charge in [0.25, 0.3) is 0 Å². The number of rotatable bonds is 20. The Bertz CT molecular complexity index is 2580. The van der Waals surface area contributed by atoms with Gasteiger partial charge in [0.15, 0.2) is 28.8 Å². The van der Waals surface area contributed by atoms with Crippen molar-refractivity contribution in [3.63, 3.8) is 0 Å². The summed E-state index contributed by atoms with van der Waals surface area (Å²) in [5.41, 5.74) is 11.7. The molecule has 80 heavy (non-hydrogen) atoms. The summed E-state index contributed by atoms with van der Waals surface area (Å²) in [6.45, 7) is 29.7. The molecule has 0 amide bonds. The Morgan fingerprint density at radius 3 is 1.34 bits per heavy atom. The predicted molar refractivity (Wildman–Crippen MR) is 323 cm³/mol. The van der Waals surface area contributed by atoms with E-state index in [4.69, 9.17) is 30.5 Å². The first-order valence-electron chi connectivity index (χ1n) is 28.4. The number of nitrogens with zero attached hydrogens (tertiary/aromatic N) is 3. The highest BCUT2D eigenvalue weighted by Gasteiger charge is 2.24. The van der Waals surface area contributed by atoms with Crippen LogP contribution in [0.2, 0.25) is 0 Å². The predicted octanol–water partition coefficient (Wildman–Crippen LogP) is 7.41. The summed E-state index contributed by atoms with van der Waals surface area (Å²) in [5, 5.41) is 20.1. The number of carbonyl (C=O) groups is 3. The minimum absolute atomic E-state index is 0.0825. The van der Waals surface area contributed by atoms with Gasteiger partial charge in [0.2, 0.25) is 0 Å². The van der Waals surface area contributed by atoms with Crippen molar-refractivity contribution in [1.82, 2.24) is 30.7 Å². The summed E-state index contributed by atoms with van der Waals surface area (Å²) in [4.78, 5) is 42.6. The van der Waals surface area contributed by atoms with Crippen LogP contribution in [-0.4, -0.2) is 180 Å². The molecule has 2 atom stereocenters. The van der Waals surface area contributed by atoms with Crippen molar-refractivity contribution in [1.29, 1.82) is 0 Å². The van der Waals surface area contributed by atoms with Gasteiger partial charge in [0.05, 0.1) is 32.7 Å². The molecule has 5 aromatic carbocycles. The first-order valence-corrected chi connectivity index (χ1v) is 29.0. The van der Waals surface area contributed by atoms with Crippen LogP contribution in [0.15, 0.2) is 103 Å². The quantitative estimate of drug-likeness (QED) is 0.0452. The van der Waals surface area contributed by atoms with E-state index in [1.54, 1.807) is 7.11 Å². The maximum absolute atomic E-state index is 12.6. The molecule has 0 spiro atoms. The summed E-state index contributed by atoms with van der Waals surface area (Å²) >= 11 is 5.46. The number of halogens is 1. The van der Waals surface area contributed by atoms with E-state index in [-0.39, 0.29) is 23.6 Å². The number of hydrogen-bond acceptors (Lipinski definition) is 14. The maximum Gasteiger partial charge on any atom is 0.161 e. The van der Waals surface area contributed by atoms with Gasteiger partial charge >= 0.3 is 0 Å². The number of carbonyl (C=O) groups excluding carboxylic acids is 3. The highest BCUT2D eigenvalue weighted by Crippen LogP contribution is 2.27. The number of aliphatic hydroxyl groups excluding tert-OH is 1. The standard InChI is InChI=1S/C25H34N2O3.C15H22N2O.C11H13ClO.C10H12O3.C4H10N2/c1-19-8-6-9-20(2)24(19)15-22(28)16-26-11-13-27(14-12-26)17-23(29)18-30-25-10-5-4-7-21(25)3;1-12-4-3-5-13(2)15(12)10-14(18)11-17-8-6-16-7-9-17;1-8-4-3-5-9(2)11(8)6-10(13)7-12;1-11-9-4-2-3-5-10(9)13-7-8-6-12-8;1-2-6-4-3-5-1/h4-10,23,29H,11-18H2,1-3H3;3-5,16H,6-11H2,1-2H3;3-5H,6-7H2,1-2H3;2-5,8H,6-7H2,1H3;5-6H,1-4H2. The zero-order valence-electron chi connectivity index (χ0n) is 49.1. The average molecular weight is 1120 g/mol. The zero-order chi connectivity index (χ0) is 57.7. The van der Waals surface area contributed by atoms with E-state index in [0.717, 1.165) is 119 Å². The third kappa shape index (κ3) is 24.3. The van der Waals surface area contributed by atoms with E-state index in [1.807, 2.05) is 93.6 Å². The lowest BCUT2D eigenvalue weighted by molar-refractivity contribution is -0.120. The minimum atomic E-state index is -0.526. The number of epoxide rings is 1. The average Bonchev–Trinajstić information content (AvgIpc) is 4.30. The Labute approximate surface area is 482 Å². The molecule has 0 radical (unpaired) electrons. The van der Waals surface area contributed by atoms with Crippen molar-refractivity contribution in [2.24, 2.45) is 0 Å². The molecule has 15 heteroatoms. The number of ether oxygens (including phenoxy) is 4. The molecule has 0 aromatic heterocycles. The van der Waals surface area contributed by atoms with E-state index < -0.39 is 6.10 Å². The van der Waals surface area contributed by atoms with Crippen LogP contribution in [0.5, 0.6) is 17.2 Å². The third-order valence-electron chi connectivity index (χ3n) is 14.5. The molecule has 4 N–H and O–H groups in total. The smallest absolute Gasteiger partial charge is 0.161 e. The van der Waals surface area contributed by atoms with E-state index >= 15 is 0 Å². The van der Waals surface area contributed by atoms with Gasteiger partial charge in [-0.1, -0.05) is 84.9 Å². The Hall–Kier alpha value is -5.52. The molecule has 2 unspecified atom stereocenters. The van der Waals surface area contributed by atoms with Crippen molar-refractivity contribution in [3.8, 4) is 17.2 Å². The zero-order valence-corrected chi connectivity index (χ0v) is 49.8. The number of nitrogens with one attached hydrogen (secondary N) is 3. The highest BCUT2D eigenvalue weighted by atomic mass is 35.5. The summed E-state index contributed by atoms with van der Waals surface area (Å²) in [6, 6.07) is 33.9. The van der Waals surface area contributed by atoms with Gasteiger partial charge in [0.1, 0.15) is 31.2 Å². The molecular weight excluding hydrogens is 1030 g/mol. The Morgan fingerprint density at radius 1 is 0.525 bits per heavy atom. The fourth-order valence-electron chi connectivity index (χ4n) is 9.58. The van der Waals surface area contributed by atoms with Crippen LogP contribution < -0.4 is 30.2 Å². The lowest BCUT2D eigenvalue weighted by atomic mass is 9.98. The summed E-state index contributed by atoms with van der Waals surface area (Å²) in [7, 11) is 1.63. The fourth-order valence-corrected chi connectivity index (χ4v) is 9.67. The van der Waals surface area contributed by atoms with Gasteiger partial charge < -0.3 is 40.0 Å². The van der Waals surface area contributed by atoms with Crippen molar-refractivity contribution < 1.29 is 38.4 Å². The van der Waals surface area contributed by atoms with E-state index in [1.165, 1.54) is 38.9 Å². The number of ketones is 3. The molecule has 4 fully saturated rings. The molecular formula is C65H91ClN6O8. The van der Waals surface area contributed by atoms with Crippen LogP contribution in [0.25, 0.3) is 0 Å². The third-order valence-corrected chi connectivity index (χ3v) is 14.8. The van der Waals surface area contributed by atoms with Crippen molar-refractivity contribution >= 4 is 29.0 Å². The Kier molecular flexibility index (Phi) is 29.4. The van der Waals surface area contributed by atoms with E-state index in [2.05, 4.69) is 88.7 Å². The van der Waals surface area contributed by atoms with Gasteiger partial charge in [-0.05, 0) is 122 Å². The van der Waals surface area contributed by atoms with Crippen molar-refractivity contribution in [3.05, 3.63) is 159 Å². The molecule has 5 aromatic rings. The SMILES string of the molecule is C1CNCCN1.COc1ccccc1OCC1CO1.Cc1cccc(C)c1CC(=O)CCl.Cc1cccc(C)c1CC(=O)CN1CCNCC1.Cc1ccccc1OCC(O)CN1CCN(CC(=O)Cc2c(C)cccc2C)CC1. The van der Waals surface area contributed by atoms with Crippen LogP contribution in [0.4, 0.5) is 0 Å². The molecule has 14 nitrogen and oxygen atoms in total. The number of Topliss-reactive ketones (excluding diaryl/α,β-unsaturated/α-hetero) is 3.